The maximum absolute atomic E-state index is 12.7. The Balaban J connectivity index is 2.44. The molecule has 0 aliphatic heterocycles. The van der Waals surface area contributed by atoms with Gasteiger partial charge in [0.1, 0.15) is 6.54 Å². The third-order valence-corrected chi connectivity index (χ3v) is 3.94. The zero-order valence-electron chi connectivity index (χ0n) is 15.8. The SMILES string of the molecule is CC(C)NC(=O)N(C(=O)Cn1cnc2c1c(=O)n(C)c(=O)n2C)C(C)C. The topological polar surface area (TPSA) is 111 Å². The first-order valence-electron chi connectivity index (χ1n) is 8.29. The number of urea groups is 1. The molecule has 2 rings (SSSR count). The number of rotatable bonds is 4. The van der Waals surface area contributed by atoms with Crippen molar-refractivity contribution in [2.45, 2.75) is 46.3 Å². The van der Waals surface area contributed by atoms with Gasteiger partial charge in [-0.2, -0.15) is 0 Å². The van der Waals surface area contributed by atoms with Gasteiger partial charge in [-0.1, -0.05) is 0 Å². The summed E-state index contributed by atoms with van der Waals surface area (Å²) < 4.78 is 3.55. The lowest BCUT2D eigenvalue weighted by molar-refractivity contribution is -0.130. The molecular weight excluding hydrogens is 340 g/mol. The van der Waals surface area contributed by atoms with E-state index in [4.69, 9.17) is 0 Å². The van der Waals surface area contributed by atoms with Crippen molar-refractivity contribution in [3.8, 4) is 0 Å². The second-order valence-electron chi connectivity index (χ2n) is 6.71. The van der Waals surface area contributed by atoms with Gasteiger partial charge < -0.3 is 9.88 Å². The molecule has 0 aliphatic carbocycles. The van der Waals surface area contributed by atoms with E-state index in [9.17, 15) is 19.2 Å². The van der Waals surface area contributed by atoms with Gasteiger partial charge in [0, 0.05) is 26.2 Å². The van der Waals surface area contributed by atoms with E-state index in [-0.39, 0.29) is 29.8 Å². The molecule has 2 aromatic heterocycles. The zero-order chi connectivity index (χ0) is 19.8. The predicted octanol–water partition coefficient (Wildman–Crippen LogP) is -0.211. The lowest BCUT2D eigenvalue weighted by atomic mass is 10.3. The van der Waals surface area contributed by atoms with E-state index in [1.54, 1.807) is 27.7 Å². The molecule has 2 aromatic rings. The second kappa shape index (κ2) is 7.14. The van der Waals surface area contributed by atoms with E-state index >= 15 is 0 Å². The van der Waals surface area contributed by atoms with Crippen molar-refractivity contribution < 1.29 is 9.59 Å². The number of hydrogen-bond donors (Lipinski definition) is 1. The van der Waals surface area contributed by atoms with E-state index < -0.39 is 23.2 Å². The monoisotopic (exact) mass is 364 g/mol. The molecule has 0 atom stereocenters. The van der Waals surface area contributed by atoms with Gasteiger partial charge in [0.05, 0.1) is 6.33 Å². The standard InChI is InChI=1S/C16H24N6O4/c1-9(2)18-15(25)22(10(3)4)11(23)7-21-8-17-13-12(21)14(24)20(6)16(26)19(13)5/h8-10H,7H2,1-6H3,(H,18,25). The Morgan fingerprint density at radius 2 is 1.77 bits per heavy atom. The largest absolute Gasteiger partial charge is 0.335 e. The summed E-state index contributed by atoms with van der Waals surface area (Å²) in [5.74, 6) is -0.478. The van der Waals surface area contributed by atoms with Crippen molar-refractivity contribution in [3.05, 3.63) is 27.2 Å². The van der Waals surface area contributed by atoms with Crippen molar-refractivity contribution >= 4 is 23.1 Å². The van der Waals surface area contributed by atoms with Crippen molar-refractivity contribution in [3.63, 3.8) is 0 Å². The molecule has 0 bridgehead atoms. The Morgan fingerprint density at radius 3 is 2.31 bits per heavy atom. The van der Waals surface area contributed by atoms with Gasteiger partial charge in [-0.3, -0.25) is 23.6 Å². The summed E-state index contributed by atoms with van der Waals surface area (Å²) in [6, 6.07) is -0.972. The van der Waals surface area contributed by atoms with Crippen LogP contribution in [0, 0.1) is 0 Å². The molecule has 0 spiro atoms. The number of aryl methyl sites for hydroxylation is 1. The van der Waals surface area contributed by atoms with Crippen molar-refractivity contribution in [2.75, 3.05) is 0 Å². The van der Waals surface area contributed by atoms with Crippen LogP contribution in [0.15, 0.2) is 15.9 Å². The van der Waals surface area contributed by atoms with Crippen LogP contribution in [-0.4, -0.2) is 47.6 Å². The average molecular weight is 364 g/mol. The fraction of sp³-hybridized carbons (Fsp3) is 0.562. The van der Waals surface area contributed by atoms with Crippen LogP contribution in [0.5, 0.6) is 0 Å². The molecule has 0 saturated heterocycles. The summed E-state index contributed by atoms with van der Waals surface area (Å²) in [7, 11) is 2.86. The number of amides is 3. The van der Waals surface area contributed by atoms with Crippen LogP contribution in [0.2, 0.25) is 0 Å². The minimum atomic E-state index is -0.545. The fourth-order valence-corrected chi connectivity index (χ4v) is 2.69. The van der Waals surface area contributed by atoms with E-state index in [0.29, 0.717) is 0 Å². The van der Waals surface area contributed by atoms with Gasteiger partial charge >= 0.3 is 11.7 Å². The fourth-order valence-electron chi connectivity index (χ4n) is 2.69. The molecule has 0 unspecified atom stereocenters. The third-order valence-electron chi connectivity index (χ3n) is 3.94. The summed E-state index contributed by atoms with van der Waals surface area (Å²) in [6.45, 7) is 6.82. The number of fused-ring (bicyclic) bond motifs is 1. The summed E-state index contributed by atoms with van der Waals surface area (Å²) in [6.07, 6.45) is 1.32. The average Bonchev–Trinajstić information content (AvgIpc) is 2.93. The van der Waals surface area contributed by atoms with E-state index in [1.807, 2.05) is 0 Å². The first-order chi connectivity index (χ1) is 12.1. The lowest BCUT2D eigenvalue weighted by Crippen LogP contribution is -2.50. The van der Waals surface area contributed by atoms with Crippen LogP contribution in [-0.2, 0) is 25.4 Å². The van der Waals surface area contributed by atoms with Crippen LogP contribution in [0.1, 0.15) is 27.7 Å². The molecule has 142 valence electrons. The molecule has 1 N–H and O–H groups in total. The van der Waals surface area contributed by atoms with Crippen LogP contribution >= 0.6 is 0 Å². The maximum Gasteiger partial charge on any atom is 0.332 e. The molecule has 0 aromatic carbocycles. The van der Waals surface area contributed by atoms with Gasteiger partial charge in [-0.15, -0.1) is 0 Å². The van der Waals surface area contributed by atoms with Gasteiger partial charge in [-0.25, -0.2) is 14.6 Å². The van der Waals surface area contributed by atoms with Crippen LogP contribution < -0.4 is 16.6 Å². The Labute approximate surface area is 150 Å². The van der Waals surface area contributed by atoms with Crippen molar-refractivity contribution in [1.29, 1.82) is 0 Å². The summed E-state index contributed by atoms with van der Waals surface area (Å²) in [4.78, 5) is 54.6. The van der Waals surface area contributed by atoms with Gasteiger partial charge in [-0.05, 0) is 27.7 Å². The third kappa shape index (κ3) is 3.39. The van der Waals surface area contributed by atoms with Crippen LogP contribution in [0.25, 0.3) is 11.2 Å². The Bertz CT molecular complexity index is 966. The number of nitrogens with one attached hydrogen (secondary N) is 1. The van der Waals surface area contributed by atoms with Crippen molar-refractivity contribution in [1.82, 2.24) is 28.9 Å². The normalized spacial score (nSPS) is 11.4. The first kappa shape index (κ1) is 19.4. The highest BCUT2D eigenvalue weighted by Gasteiger charge is 2.26. The lowest BCUT2D eigenvalue weighted by Gasteiger charge is -2.26. The van der Waals surface area contributed by atoms with Crippen LogP contribution in [0.4, 0.5) is 4.79 Å². The Morgan fingerprint density at radius 1 is 1.15 bits per heavy atom. The zero-order valence-corrected chi connectivity index (χ0v) is 15.8. The molecular formula is C16H24N6O4. The molecule has 0 saturated carbocycles. The smallest absolute Gasteiger partial charge is 0.332 e. The molecule has 10 nitrogen and oxygen atoms in total. The van der Waals surface area contributed by atoms with Gasteiger partial charge in [0.2, 0.25) is 0 Å². The number of carbonyl (C=O) groups excluding carboxylic acids is 2. The number of hydrogen-bond acceptors (Lipinski definition) is 5. The number of aromatic nitrogens is 4. The minimum Gasteiger partial charge on any atom is -0.335 e. The van der Waals surface area contributed by atoms with Crippen molar-refractivity contribution in [2.24, 2.45) is 14.1 Å². The number of imidazole rings is 1. The van der Waals surface area contributed by atoms with E-state index in [1.165, 1.54) is 29.6 Å². The highest BCUT2D eigenvalue weighted by Crippen LogP contribution is 2.08. The molecule has 0 fully saturated rings. The number of nitrogens with zero attached hydrogens (tertiary/aromatic N) is 5. The quantitative estimate of drug-likeness (QED) is 0.807. The maximum atomic E-state index is 12.7. The number of imide groups is 1. The second-order valence-corrected chi connectivity index (χ2v) is 6.71. The Hall–Kier alpha value is -2.91. The Kier molecular flexibility index (Phi) is 5.33. The summed E-state index contributed by atoms with van der Waals surface area (Å²) in [5, 5.41) is 2.69. The molecule has 2 heterocycles. The number of carbonyl (C=O) groups is 2. The minimum absolute atomic E-state index is 0.118. The molecule has 26 heavy (non-hydrogen) atoms. The molecule has 0 radical (unpaired) electrons. The van der Waals surface area contributed by atoms with E-state index in [0.717, 1.165) is 9.47 Å². The molecule has 10 heteroatoms. The molecule has 0 aliphatic rings. The van der Waals surface area contributed by atoms with Gasteiger partial charge in [0.25, 0.3) is 11.5 Å². The predicted molar refractivity (Wildman–Crippen MR) is 95.9 cm³/mol. The summed E-state index contributed by atoms with van der Waals surface area (Å²) >= 11 is 0. The summed E-state index contributed by atoms with van der Waals surface area (Å²) in [5.41, 5.74) is -0.722. The highest BCUT2D eigenvalue weighted by atomic mass is 16.2. The van der Waals surface area contributed by atoms with Gasteiger partial charge in [0.15, 0.2) is 11.2 Å². The van der Waals surface area contributed by atoms with E-state index in [2.05, 4.69) is 10.3 Å². The molecule has 3 amide bonds. The first-order valence-corrected chi connectivity index (χ1v) is 8.29. The highest BCUT2D eigenvalue weighted by molar-refractivity contribution is 5.95. The van der Waals surface area contributed by atoms with Crippen LogP contribution in [0.3, 0.4) is 0 Å².